The number of hydrogen-bond donors (Lipinski definition) is 1. The molecule has 1 spiro atoms. The topological polar surface area (TPSA) is 85.7 Å². The maximum absolute atomic E-state index is 12.8. The summed E-state index contributed by atoms with van der Waals surface area (Å²) in [6, 6.07) is 0.314. The summed E-state index contributed by atoms with van der Waals surface area (Å²) in [5.41, 5.74) is 2.28. The SMILES string of the molecule is Cn1nc(C(=O)NC2CC2)c2c1CC1(CCN(C(=O)C3CCOCC3)CC1)OC2. The van der Waals surface area contributed by atoms with E-state index in [9.17, 15) is 9.59 Å². The van der Waals surface area contributed by atoms with Gasteiger partial charge in [0.15, 0.2) is 5.69 Å². The number of carbonyl (C=O) groups excluding carboxylic acids is 2. The summed E-state index contributed by atoms with van der Waals surface area (Å²) in [7, 11) is 1.91. The van der Waals surface area contributed by atoms with E-state index in [1.165, 1.54) is 0 Å². The van der Waals surface area contributed by atoms with Crippen molar-refractivity contribution in [2.45, 2.75) is 63.2 Å². The van der Waals surface area contributed by atoms with Gasteiger partial charge in [0.2, 0.25) is 5.91 Å². The third-order valence-corrected chi connectivity index (χ3v) is 6.97. The molecule has 4 heterocycles. The summed E-state index contributed by atoms with van der Waals surface area (Å²) in [6.45, 7) is 3.27. The number of carbonyl (C=O) groups is 2. The van der Waals surface area contributed by atoms with E-state index >= 15 is 0 Å². The van der Waals surface area contributed by atoms with E-state index in [1.54, 1.807) is 0 Å². The van der Waals surface area contributed by atoms with Crippen LogP contribution in [0.1, 0.15) is 60.3 Å². The molecule has 158 valence electrons. The minimum Gasteiger partial charge on any atom is -0.381 e. The first kappa shape index (κ1) is 19.1. The number of nitrogens with one attached hydrogen (secondary N) is 1. The molecule has 1 aromatic rings. The van der Waals surface area contributed by atoms with E-state index in [2.05, 4.69) is 10.4 Å². The van der Waals surface area contributed by atoms with Gasteiger partial charge in [0, 0.05) is 63.0 Å². The van der Waals surface area contributed by atoms with Crippen LogP contribution in [-0.2, 0) is 34.3 Å². The van der Waals surface area contributed by atoms with Crippen molar-refractivity contribution in [1.82, 2.24) is 20.0 Å². The van der Waals surface area contributed by atoms with Crippen LogP contribution in [0.5, 0.6) is 0 Å². The average molecular weight is 402 g/mol. The highest BCUT2D eigenvalue weighted by molar-refractivity contribution is 5.94. The average Bonchev–Trinajstić information content (AvgIpc) is 3.51. The molecular weight excluding hydrogens is 372 g/mol. The first-order chi connectivity index (χ1) is 14.0. The molecule has 8 nitrogen and oxygen atoms in total. The second-order valence-electron chi connectivity index (χ2n) is 9.01. The van der Waals surface area contributed by atoms with Gasteiger partial charge in [0.1, 0.15) is 0 Å². The van der Waals surface area contributed by atoms with E-state index in [1.807, 2.05) is 16.6 Å². The van der Waals surface area contributed by atoms with Crippen molar-refractivity contribution < 1.29 is 19.1 Å². The van der Waals surface area contributed by atoms with Crippen molar-refractivity contribution in [1.29, 1.82) is 0 Å². The molecule has 29 heavy (non-hydrogen) atoms. The number of rotatable bonds is 3. The smallest absolute Gasteiger partial charge is 0.272 e. The Bertz CT molecular complexity index is 802. The fraction of sp³-hybridized carbons (Fsp3) is 0.762. The van der Waals surface area contributed by atoms with Crippen LogP contribution in [0.4, 0.5) is 0 Å². The zero-order valence-electron chi connectivity index (χ0n) is 17.1. The van der Waals surface area contributed by atoms with Crippen LogP contribution in [0.3, 0.4) is 0 Å². The number of aryl methyl sites for hydroxylation is 1. The summed E-state index contributed by atoms with van der Waals surface area (Å²) in [6.07, 6.45) is 6.20. The van der Waals surface area contributed by atoms with Crippen molar-refractivity contribution in [2.24, 2.45) is 13.0 Å². The predicted molar refractivity (Wildman–Crippen MR) is 104 cm³/mol. The largest absolute Gasteiger partial charge is 0.381 e. The van der Waals surface area contributed by atoms with Gasteiger partial charge in [-0.15, -0.1) is 0 Å². The van der Waals surface area contributed by atoms with Crippen molar-refractivity contribution in [2.75, 3.05) is 26.3 Å². The number of ether oxygens (including phenoxy) is 2. The number of nitrogens with zero attached hydrogens (tertiary/aromatic N) is 3. The van der Waals surface area contributed by atoms with Crippen molar-refractivity contribution in [3.63, 3.8) is 0 Å². The zero-order chi connectivity index (χ0) is 20.0. The van der Waals surface area contributed by atoms with E-state index in [4.69, 9.17) is 9.47 Å². The minimum absolute atomic E-state index is 0.0826. The molecule has 1 saturated carbocycles. The summed E-state index contributed by atoms with van der Waals surface area (Å²) in [5, 5.41) is 7.53. The highest BCUT2D eigenvalue weighted by Crippen LogP contribution is 2.38. The quantitative estimate of drug-likeness (QED) is 0.820. The van der Waals surface area contributed by atoms with Crippen LogP contribution in [-0.4, -0.2) is 64.4 Å². The fourth-order valence-corrected chi connectivity index (χ4v) is 4.88. The van der Waals surface area contributed by atoms with Gasteiger partial charge in [-0.1, -0.05) is 0 Å². The zero-order valence-corrected chi connectivity index (χ0v) is 17.1. The third kappa shape index (κ3) is 3.68. The van der Waals surface area contributed by atoms with Crippen LogP contribution in [0.2, 0.25) is 0 Å². The summed E-state index contributed by atoms with van der Waals surface area (Å²) >= 11 is 0. The summed E-state index contributed by atoms with van der Waals surface area (Å²) < 4.78 is 13.6. The van der Waals surface area contributed by atoms with Gasteiger partial charge in [0.25, 0.3) is 5.91 Å². The molecule has 0 bridgehead atoms. The third-order valence-electron chi connectivity index (χ3n) is 6.97. The Labute approximate surface area is 170 Å². The number of aromatic nitrogens is 2. The normalized spacial score (nSPS) is 24.4. The number of hydrogen-bond acceptors (Lipinski definition) is 5. The van der Waals surface area contributed by atoms with Crippen molar-refractivity contribution in [3.05, 3.63) is 17.0 Å². The fourth-order valence-electron chi connectivity index (χ4n) is 4.88. The molecule has 5 rings (SSSR count). The van der Waals surface area contributed by atoms with E-state index < -0.39 is 0 Å². The van der Waals surface area contributed by atoms with Gasteiger partial charge in [0.05, 0.1) is 12.2 Å². The Morgan fingerprint density at radius 2 is 1.86 bits per heavy atom. The molecule has 3 fully saturated rings. The standard InChI is InChI=1S/C21H30N4O4/c1-24-17-12-21(29-13-16(17)18(23-24)19(26)22-15-2-3-15)6-8-25(9-7-21)20(27)14-4-10-28-11-5-14/h14-15H,2-13H2,1H3,(H,22,26). The molecule has 1 aromatic heterocycles. The number of likely N-dealkylation sites (tertiary alicyclic amines) is 1. The summed E-state index contributed by atoms with van der Waals surface area (Å²) in [5.74, 6) is 0.307. The van der Waals surface area contributed by atoms with Crippen LogP contribution < -0.4 is 5.32 Å². The van der Waals surface area contributed by atoms with Gasteiger partial charge in [-0.2, -0.15) is 5.10 Å². The van der Waals surface area contributed by atoms with Gasteiger partial charge >= 0.3 is 0 Å². The Balaban J connectivity index is 1.24. The molecule has 8 heteroatoms. The van der Waals surface area contributed by atoms with Gasteiger partial charge in [-0.3, -0.25) is 14.3 Å². The second-order valence-corrected chi connectivity index (χ2v) is 9.01. The van der Waals surface area contributed by atoms with Crippen molar-refractivity contribution >= 4 is 11.8 Å². The monoisotopic (exact) mass is 402 g/mol. The molecule has 2 amide bonds. The molecule has 0 aromatic carbocycles. The van der Waals surface area contributed by atoms with E-state index in [0.29, 0.717) is 31.6 Å². The van der Waals surface area contributed by atoms with Crippen LogP contribution in [0, 0.1) is 5.92 Å². The maximum Gasteiger partial charge on any atom is 0.272 e. The highest BCUT2D eigenvalue weighted by atomic mass is 16.5. The maximum atomic E-state index is 12.8. The van der Waals surface area contributed by atoms with Gasteiger partial charge < -0.3 is 19.7 Å². The molecule has 3 aliphatic heterocycles. The Morgan fingerprint density at radius 3 is 2.55 bits per heavy atom. The van der Waals surface area contributed by atoms with E-state index in [-0.39, 0.29) is 23.3 Å². The van der Waals surface area contributed by atoms with Gasteiger partial charge in [-0.05, 0) is 38.5 Å². The molecule has 2 saturated heterocycles. The lowest BCUT2D eigenvalue weighted by Gasteiger charge is -2.44. The lowest BCUT2D eigenvalue weighted by atomic mass is 9.83. The second kappa shape index (κ2) is 7.40. The first-order valence-corrected chi connectivity index (χ1v) is 10.9. The lowest BCUT2D eigenvalue weighted by molar-refractivity contribution is -0.147. The minimum atomic E-state index is -0.252. The molecule has 0 atom stereocenters. The Morgan fingerprint density at radius 1 is 1.14 bits per heavy atom. The number of piperidine rings is 1. The molecule has 1 N–H and O–H groups in total. The van der Waals surface area contributed by atoms with E-state index in [0.717, 1.165) is 69.3 Å². The van der Waals surface area contributed by atoms with Gasteiger partial charge in [-0.25, -0.2) is 0 Å². The van der Waals surface area contributed by atoms with Crippen LogP contribution in [0.25, 0.3) is 0 Å². The lowest BCUT2D eigenvalue weighted by Crippen LogP contribution is -2.52. The van der Waals surface area contributed by atoms with Crippen molar-refractivity contribution in [3.8, 4) is 0 Å². The Hall–Kier alpha value is -1.93. The Kier molecular flexibility index (Phi) is 4.86. The summed E-state index contributed by atoms with van der Waals surface area (Å²) in [4.78, 5) is 27.4. The molecule has 1 aliphatic carbocycles. The molecule has 0 unspecified atom stereocenters. The van der Waals surface area contributed by atoms with Crippen LogP contribution in [0.15, 0.2) is 0 Å². The predicted octanol–water partition coefficient (Wildman–Crippen LogP) is 1.17. The highest BCUT2D eigenvalue weighted by Gasteiger charge is 2.43. The first-order valence-electron chi connectivity index (χ1n) is 10.9. The number of fused-ring (bicyclic) bond motifs is 1. The molecule has 0 radical (unpaired) electrons. The molecular formula is C21H30N4O4. The number of amides is 2. The molecule has 4 aliphatic rings. The van der Waals surface area contributed by atoms with Crippen LogP contribution >= 0.6 is 0 Å².